The van der Waals surface area contributed by atoms with Gasteiger partial charge in [0, 0.05) is 23.9 Å². The Morgan fingerprint density at radius 2 is 2.00 bits per heavy atom. The van der Waals surface area contributed by atoms with Gasteiger partial charge in [0.15, 0.2) is 0 Å². The Kier molecular flexibility index (Phi) is 5.31. The number of nitrogens with one attached hydrogen (secondary N) is 1. The zero-order valence-electron chi connectivity index (χ0n) is 14.1. The summed E-state index contributed by atoms with van der Waals surface area (Å²) < 4.78 is 38.8. The molecule has 0 spiro atoms. The highest BCUT2D eigenvalue weighted by molar-refractivity contribution is 7.09. The molecule has 0 aliphatic carbocycles. The van der Waals surface area contributed by atoms with Gasteiger partial charge in [-0.05, 0) is 0 Å². The number of aliphatic carboxylic acids is 1. The predicted molar refractivity (Wildman–Crippen MR) is 85.3 cm³/mol. The van der Waals surface area contributed by atoms with Crippen molar-refractivity contribution in [1.29, 1.82) is 0 Å². The Hall–Kier alpha value is -1.84. The molecular formula is C15H20F3N3O3S. The van der Waals surface area contributed by atoms with Crippen LogP contribution in [0.3, 0.4) is 0 Å². The summed E-state index contributed by atoms with van der Waals surface area (Å²) in [4.78, 5) is 28.4. The zero-order chi connectivity index (χ0) is 19.0. The van der Waals surface area contributed by atoms with Gasteiger partial charge in [-0.3, -0.25) is 4.79 Å². The highest BCUT2D eigenvalue weighted by Gasteiger charge is 2.53. The number of urea groups is 1. The van der Waals surface area contributed by atoms with Gasteiger partial charge in [0.05, 0.1) is 24.1 Å². The summed E-state index contributed by atoms with van der Waals surface area (Å²) >= 11 is 1.35. The predicted octanol–water partition coefficient (Wildman–Crippen LogP) is 2.85. The SMILES string of the molecule is CC(C)(C)c1csc(CNC(=O)N2C[C@@H](C(F)(F)F)[C@H](C(=O)O)C2)n1. The molecule has 1 aliphatic rings. The van der Waals surface area contributed by atoms with E-state index in [0.717, 1.165) is 10.6 Å². The van der Waals surface area contributed by atoms with Crippen molar-refractivity contribution in [1.82, 2.24) is 15.2 Å². The normalized spacial score (nSPS) is 21.4. The monoisotopic (exact) mass is 379 g/mol. The summed E-state index contributed by atoms with van der Waals surface area (Å²) in [5.74, 6) is -5.24. The molecule has 2 atom stereocenters. The van der Waals surface area contributed by atoms with Gasteiger partial charge in [-0.1, -0.05) is 20.8 Å². The fraction of sp³-hybridized carbons (Fsp3) is 0.667. The number of halogens is 3. The zero-order valence-corrected chi connectivity index (χ0v) is 14.9. The van der Waals surface area contributed by atoms with Gasteiger partial charge in [-0.2, -0.15) is 13.2 Å². The molecule has 0 bridgehead atoms. The van der Waals surface area contributed by atoms with E-state index in [1.54, 1.807) is 0 Å². The van der Waals surface area contributed by atoms with E-state index in [0.29, 0.717) is 5.01 Å². The molecule has 140 valence electrons. The van der Waals surface area contributed by atoms with E-state index >= 15 is 0 Å². The van der Waals surface area contributed by atoms with Crippen LogP contribution in [0.4, 0.5) is 18.0 Å². The molecule has 2 amide bonds. The van der Waals surface area contributed by atoms with E-state index in [-0.39, 0.29) is 12.0 Å². The van der Waals surface area contributed by atoms with Crippen molar-refractivity contribution in [2.45, 2.75) is 38.9 Å². The second-order valence-corrected chi connectivity index (χ2v) is 7.98. The third kappa shape index (κ3) is 4.62. The number of hydrogen-bond donors (Lipinski definition) is 2. The van der Waals surface area contributed by atoms with Crippen molar-refractivity contribution in [3.8, 4) is 0 Å². The fourth-order valence-electron chi connectivity index (χ4n) is 2.55. The molecule has 2 heterocycles. The quantitative estimate of drug-likeness (QED) is 0.846. The van der Waals surface area contributed by atoms with E-state index in [4.69, 9.17) is 5.11 Å². The molecular weight excluding hydrogens is 359 g/mol. The molecule has 0 aromatic carbocycles. The van der Waals surface area contributed by atoms with Crippen molar-refractivity contribution in [3.63, 3.8) is 0 Å². The third-order valence-corrected chi connectivity index (χ3v) is 4.90. The fourth-order valence-corrected chi connectivity index (χ4v) is 3.51. The first-order valence-corrected chi connectivity index (χ1v) is 8.54. The number of nitrogens with zero attached hydrogens (tertiary/aromatic N) is 2. The number of alkyl halides is 3. The van der Waals surface area contributed by atoms with Gasteiger partial charge in [-0.25, -0.2) is 9.78 Å². The number of aromatic nitrogens is 1. The van der Waals surface area contributed by atoms with Crippen LogP contribution in [0.15, 0.2) is 5.38 Å². The number of carboxylic acids is 1. The molecule has 1 aliphatic heterocycles. The molecule has 2 N–H and O–H groups in total. The summed E-state index contributed by atoms with van der Waals surface area (Å²) in [6, 6.07) is -0.717. The number of hydrogen-bond acceptors (Lipinski definition) is 4. The van der Waals surface area contributed by atoms with E-state index in [2.05, 4.69) is 10.3 Å². The lowest BCUT2D eigenvalue weighted by atomic mass is 9.93. The van der Waals surface area contributed by atoms with Gasteiger partial charge in [0.1, 0.15) is 5.01 Å². The van der Waals surface area contributed by atoms with E-state index in [1.807, 2.05) is 26.2 Å². The lowest BCUT2D eigenvalue weighted by Crippen LogP contribution is -2.39. The number of carbonyl (C=O) groups excluding carboxylic acids is 1. The van der Waals surface area contributed by atoms with Crippen LogP contribution in [0.5, 0.6) is 0 Å². The van der Waals surface area contributed by atoms with Crippen LogP contribution in [0, 0.1) is 11.8 Å². The minimum Gasteiger partial charge on any atom is -0.481 e. The number of likely N-dealkylation sites (tertiary alicyclic amines) is 1. The van der Waals surface area contributed by atoms with Crippen LogP contribution in [0.25, 0.3) is 0 Å². The molecule has 25 heavy (non-hydrogen) atoms. The largest absolute Gasteiger partial charge is 0.481 e. The smallest absolute Gasteiger partial charge is 0.394 e. The molecule has 1 fully saturated rings. The molecule has 0 unspecified atom stereocenters. The molecule has 1 saturated heterocycles. The van der Waals surface area contributed by atoms with Crippen molar-refractivity contribution in [2.24, 2.45) is 11.8 Å². The number of rotatable bonds is 3. The second kappa shape index (κ2) is 6.81. The maximum Gasteiger partial charge on any atom is 0.394 e. The minimum atomic E-state index is -4.66. The minimum absolute atomic E-state index is 0.0878. The second-order valence-electron chi connectivity index (χ2n) is 7.03. The maximum atomic E-state index is 12.9. The highest BCUT2D eigenvalue weighted by Crippen LogP contribution is 2.37. The lowest BCUT2D eigenvalue weighted by Gasteiger charge is -2.18. The Morgan fingerprint density at radius 3 is 2.44 bits per heavy atom. The van der Waals surface area contributed by atoms with Crippen LogP contribution in [0.1, 0.15) is 31.5 Å². The van der Waals surface area contributed by atoms with Crippen molar-refractivity contribution < 1.29 is 27.9 Å². The standard InChI is InChI=1S/C15H20F3N3O3S/c1-14(2,3)10-7-25-11(20-10)4-19-13(24)21-5-8(12(22)23)9(6-21)15(16,17)18/h7-9H,4-6H2,1-3H3,(H,19,24)(H,22,23)/t8-,9-/m1/s1. The van der Waals surface area contributed by atoms with Crippen LogP contribution in [0.2, 0.25) is 0 Å². The van der Waals surface area contributed by atoms with Gasteiger partial charge in [0.2, 0.25) is 0 Å². The highest BCUT2D eigenvalue weighted by atomic mass is 32.1. The molecule has 1 aromatic rings. The first-order chi connectivity index (χ1) is 11.4. The number of thiazole rings is 1. The first-order valence-electron chi connectivity index (χ1n) is 7.66. The average Bonchev–Trinajstić information content (AvgIpc) is 3.10. The summed E-state index contributed by atoms with van der Waals surface area (Å²) in [6.45, 7) is 4.96. The first kappa shape index (κ1) is 19.5. The summed E-state index contributed by atoms with van der Waals surface area (Å²) in [6.07, 6.45) is -4.66. The third-order valence-electron chi connectivity index (χ3n) is 4.06. The number of carboxylic acid groups (broad SMARTS) is 1. The van der Waals surface area contributed by atoms with Gasteiger partial charge in [0.25, 0.3) is 0 Å². The van der Waals surface area contributed by atoms with Crippen molar-refractivity contribution in [2.75, 3.05) is 13.1 Å². The summed E-state index contributed by atoms with van der Waals surface area (Å²) in [5, 5.41) is 14.0. The maximum absolute atomic E-state index is 12.9. The van der Waals surface area contributed by atoms with Crippen LogP contribution in [-0.2, 0) is 16.8 Å². The summed E-state index contributed by atoms with van der Waals surface area (Å²) in [5.41, 5.74) is 0.730. The topological polar surface area (TPSA) is 82.5 Å². The van der Waals surface area contributed by atoms with Gasteiger partial charge < -0.3 is 15.3 Å². The van der Waals surface area contributed by atoms with Gasteiger partial charge in [-0.15, -0.1) is 11.3 Å². The van der Waals surface area contributed by atoms with Crippen molar-refractivity contribution >= 4 is 23.3 Å². The van der Waals surface area contributed by atoms with Crippen LogP contribution >= 0.6 is 11.3 Å². The van der Waals surface area contributed by atoms with Gasteiger partial charge >= 0.3 is 18.2 Å². The molecule has 0 radical (unpaired) electrons. The van der Waals surface area contributed by atoms with E-state index in [1.165, 1.54) is 11.3 Å². The summed E-state index contributed by atoms with van der Waals surface area (Å²) in [7, 11) is 0. The Morgan fingerprint density at radius 1 is 1.36 bits per heavy atom. The van der Waals surface area contributed by atoms with E-state index in [9.17, 15) is 22.8 Å². The van der Waals surface area contributed by atoms with Crippen LogP contribution < -0.4 is 5.32 Å². The molecule has 6 nitrogen and oxygen atoms in total. The molecule has 2 rings (SSSR count). The average molecular weight is 379 g/mol. The molecule has 10 heteroatoms. The van der Waals surface area contributed by atoms with Crippen molar-refractivity contribution in [3.05, 3.63) is 16.1 Å². The number of carbonyl (C=O) groups is 2. The lowest BCUT2D eigenvalue weighted by molar-refractivity contribution is -0.187. The molecule has 1 aromatic heterocycles. The number of amides is 2. The van der Waals surface area contributed by atoms with Crippen LogP contribution in [-0.4, -0.2) is 46.3 Å². The Labute approximate surface area is 147 Å². The van der Waals surface area contributed by atoms with E-state index < -0.39 is 43.1 Å². The molecule has 0 saturated carbocycles. The Bertz CT molecular complexity index is 654. The Balaban J connectivity index is 1.97.